The normalized spacial score (nSPS) is 19.4. The van der Waals surface area contributed by atoms with Crippen molar-refractivity contribution >= 4 is 73.5 Å². The Balaban J connectivity index is 1.44. The number of nitrogens with two attached hydrogens (primary N) is 1. The van der Waals surface area contributed by atoms with Crippen LogP contribution in [0, 0.1) is 0 Å². The summed E-state index contributed by atoms with van der Waals surface area (Å²) in [4.78, 5) is 67.9. The minimum atomic E-state index is -0.939. The van der Waals surface area contributed by atoms with E-state index in [-0.39, 0.29) is 34.3 Å². The third kappa shape index (κ3) is 5.21. The van der Waals surface area contributed by atoms with Crippen molar-refractivity contribution in [3.63, 3.8) is 0 Å². The van der Waals surface area contributed by atoms with Gasteiger partial charge in [0.25, 0.3) is 17.4 Å². The largest absolute Gasteiger partial charge is 0.455 e. The molecule has 1 fully saturated rings. The van der Waals surface area contributed by atoms with Gasteiger partial charge in [-0.2, -0.15) is 0 Å². The molecule has 0 radical (unpaired) electrons. The third-order valence-electron chi connectivity index (χ3n) is 5.85. The Morgan fingerprint density at radius 3 is 2.73 bits per heavy atom. The predicted molar refractivity (Wildman–Crippen MR) is 152 cm³/mol. The summed E-state index contributed by atoms with van der Waals surface area (Å²) in [5.74, 6) is -1.53. The molecule has 5 heterocycles. The monoisotopic (exact) mass is 603 g/mol. The topological polar surface area (TPSA) is 171 Å². The maximum atomic E-state index is 13.4. The smallest absolute Gasteiger partial charge is 0.355 e. The minimum Gasteiger partial charge on any atom is -0.455 e. The van der Waals surface area contributed by atoms with Crippen molar-refractivity contribution in [2.24, 2.45) is 5.16 Å². The summed E-state index contributed by atoms with van der Waals surface area (Å²) < 4.78 is 7.15. The fourth-order valence-electron chi connectivity index (χ4n) is 4.21. The summed E-state index contributed by atoms with van der Waals surface area (Å²) in [7, 11) is 1.29. The number of fused-ring (bicyclic) bond motifs is 2. The lowest BCUT2D eigenvalue weighted by Crippen LogP contribution is -2.71. The van der Waals surface area contributed by atoms with E-state index < -0.39 is 34.8 Å². The quantitative estimate of drug-likeness (QED) is 0.175. The van der Waals surface area contributed by atoms with Crippen LogP contribution >= 0.6 is 34.6 Å². The lowest BCUT2D eigenvalue weighted by Gasteiger charge is -2.50. The van der Waals surface area contributed by atoms with E-state index in [1.807, 2.05) is 0 Å². The van der Waals surface area contributed by atoms with Gasteiger partial charge in [-0.05, 0) is 50.0 Å². The number of hydrogen-bond acceptors (Lipinski definition) is 13. The molecule has 1 saturated heterocycles. The van der Waals surface area contributed by atoms with Crippen molar-refractivity contribution in [2.45, 2.75) is 44.3 Å². The van der Waals surface area contributed by atoms with Gasteiger partial charge in [0.05, 0.1) is 11.9 Å². The number of ether oxygens (including phenoxy) is 1. The number of carbonyl (C=O) groups is 3. The number of rotatable bonds is 7. The molecule has 2 aliphatic heterocycles. The maximum Gasteiger partial charge on any atom is 0.355 e. The predicted octanol–water partition coefficient (Wildman–Crippen LogP) is 1.54. The molecule has 0 aliphatic carbocycles. The average molecular weight is 604 g/mol. The molecule has 0 saturated carbocycles. The zero-order chi connectivity index (χ0) is 28.8. The maximum absolute atomic E-state index is 13.4. The van der Waals surface area contributed by atoms with E-state index in [0.717, 1.165) is 11.3 Å². The Morgan fingerprint density at radius 2 is 2.08 bits per heavy atom. The number of esters is 1. The highest BCUT2D eigenvalue weighted by molar-refractivity contribution is 8.00. The van der Waals surface area contributed by atoms with Gasteiger partial charge in [0.1, 0.15) is 40.3 Å². The number of hydrogen-bond donors (Lipinski definition) is 2. The van der Waals surface area contributed by atoms with E-state index in [2.05, 4.69) is 20.4 Å². The average Bonchev–Trinajstić information content (AvgIpc) is 3.47. The summed E-state index contributed by atoms with van der Waals surface area (Å²) in [6, 6.07) is 2.44. The lowest BCUT2D eigenvalue weighted by atomic mass is 10.0. The zero-order valence-electron chi connectivity index (χ0n) is 21.9. The molecule has 2 atom stereocenters. The number of thioether (sulfide) groups is 1. The number of oxime groups is 1. The standard InChI is InChI=1S/C24H25N7O6S3/c1-24(2,3)37-22(35)16-11(8-30-19(33)12-6-5-7-26-18(12)40-30)9-38-21-15(20(34)31(16)21)28-17(32)14(29-36-4)13-10-39-23(25)27-13/h5-7,10,15,21H,8-9H2,1-4H3,(H2,25,27)(H,28,32)/b29-14-/t15-,21-/m1/s1. The van der Waals surface area contributed by atoms with Crippen LogP contribution in [0.25, 0.3) is 10.2 Å². The van der Waals surface area contributed by atoms with Crippen molar-refractivity contribution < 1.29 is 24.0 Å². The van der Waals surface area contributed by atoms with Gasteiger partial charge in [-0.1, -0.05) is 5.16 Å². The number of nitrogens with one attached hydrogen (secondary N) is 1. The summed E-state index contributed by atoms with van der Waals surface area (Å²) in [5, 5.41) is 8.14. The van der Waals surface area contributed by atoms with Gasteiger partial charge in [-0.3, -0.25) is 23.2 Å². The van der Waals surface area contributed by atoms with Crippen LogP contribution in [0.4, 0.5) is 5.13 Å². The van der Waals surface area contributed by atoms with Crippen LogP contribution in [-0.4, -0.2) is 72.2 Å². The first kappa shape index (κ1) is 27.8. The molecule has 13 nitrogen and oxygen atoms in total. The first-order valence-corrected chi connectivity index (χ1v) is 14.7. The Labute approximate surface area is 240 Å². The van der Waals surface area contributed by atoms with E-state index in [0.29, 0.717) is 21.5 Å². The number of nitrogen functional groups attached to an aromatic ring is 1. The minimum absolute atomic E-state index is 0.0737. The second-order valence-corrected chi connectivity index (χ2v) is 12.8. The highest BCUT2D eigenvalue weighted by Crippen LogP contribution is 2.41. The number of pyridine rings is 1. The van der Waals surface area contributed by atoms with Crippen LogP contribution in [0.5, 0.6) is 0 Å². The molecule has 16 heteroatoms. The summed E-state index contributed by atoms with van der Waals surface area (Å²) in [6.45, 7) is 5.27. The van der Waals surface area contributed by atoms with Crippen molar-refractivity contribution in [1.82, 2.24) is 24.1 Å². The van der Waals surface area contributed by atoms with Crippen molar-refractivity contribution in [3.05, 3.63) is 51.0 Å². The molecule has 0 spiro atoms. The summed E-state index contributed by atoms with van der Waals surface area (Å²) in [6.07, 6.45) is 1.61. The van der Waals surface area contributed by atoms with Crippen LogP contribution < -0.4 is 16.6 Å². The number of aromatic nitrogens is 3. The van der Waals surface area contributed by atoms with E-state index >= 15 is 0 Å². The van der Waals surface area contributed by atoms with Gasteiger partial charge in [0, 0.05) is 17.3 Å². The lowest BCUT2D eigenvalue weighted by molar-refractivity contribution is -0.158. The summed E-state index contributed by atoms with van der Waals surface area (Å²) >= 11 is 3.67. The molecule has 2 amide bonds. The van der Waals surface area contributed by atoms with Crippen LogP contribution in [-0.2, 0) is 30.5 Å². The molecular formula is C24H25N7O6S3. The molecule has 2 aliphatic rings. The number of β-lactam (4-membered cyclic amide) rings is 1. The molecular weight excluding hydrogens is 579 g/mol. The fourth-order valence-corrected chi connectivity index (χ4v) is 7.06. The molecule has 3 N–H and O–H groups in total. The first-order valence-electron chi connectivity index (χ1n) is 12.0. The Morgan fingerprint density at radius 1 is 1.30 bits per heavy atom. The first-order chi connectivity index (χ1) is 19.0. The highest BCUT2D eigenvalue weighted by atomic mass is 32.2. The Bertz CT molecular complexity index is 1630. The Hall–Kier alpha value is -3.76. The zero-order valence-corrected chi connectivity index (χ0v) is 24.3. The van der Waals surface area contributed by atoms with Gasteiger partial charge >= 0.3 is 5.97 Å². The number of anilines is 1. The fraction of sp³-hybridized carbons (Fsp3) is 0.375. The van der Waals surface area contributed by atoms with Crippen LogP contribution in [0.1, 0.15) is 26.5 Å². The van der Waals surface area contributed by atoms with E-state index in [9.17, 15) is 19.2 Å². The van der Waals surface area contributed by atoms with Crippen molar-refractivity contribution in [2.75, 3.05) is 18.6 Å². The van der Waals surface area contributed by atoms with Crippen LogP contribution in [0.2, 0.25) is 0 Å². The van der Waals surface area contributed by atoms with Gasteiger partial charge in [-0.15, -0.1) is 23.1 Å². The SMILES string of the molecule is CO/N=C(\C(=O)N[C@@H]1C(=O)N2C(C(=O)OC(C)(C)C)=C(Cn3sc4ncccc4c3=O)CS[C@H]12)c1csc(N)n1. The molecule has 0 bridgehead atoms. The number of thiazole rings is 1. The highest BCUT2D eigenvalue weighted by Gasteiger charge is 2.55. The second kappa shape index (κ2) is 10.7. The van der Waals surface area contributed by atoms with Gasteiger partial charge in [0.15, 0.2) is 10.8 Å². The molecule has 40 heavy (non-hydrogen) atoms. The number of amides is 2. The molecule has 0 unspecified atom stereocenters. The Kier molecular flexibility index (Phi) is 7.41. The van der Waals surface area contributed by atoms with Gasteiger partial charge in [0.2, 0.25) is 0 Å². The second-order valence-electron chi connectivity index (χ2n) is 9.80. The van der Waals surface area contributed by atoms with Crippen LogP contribution in [0.3, 0.4) is 0 Å². The van der Waals surface area contributed by atoms with E-state index in [4.69, 9.17) is 15.3 Å². The molecule has 3 aromatic heterocycles. The molecule has 210 valence electrons. The van der Waals surface area contributed by atoms with E-state index in [1.54, 1.807) is 44.5 Å². The summed E-state index contributed by atoms with van der Waals surface area (Å²) in [5.41, 5.74) is 5.34. The van der Waals surface area contributed by atoms with Crippen molar-refractivity contribution in [3.8, 4) is 0 Å². The van der Waals surface area contributed by atoms with Gasteiger partial charge in [-0.25, -0.2) is 14.8 Å². The number of carbonyl (C=O) groups excluding carboxylic acids is 3. The van der Waals surface area contributed by atoms with E-state index in [1.165, 1.54) is 39.3 Å². The molecule has 3 aromatic rings. The third-order valence-corrected chi connectivity index (χ3v) is 8.87. The number of nitrogens with zero attached hydrogens (tertiary/aromatic N) is 5. The van der Waals surface area contributed by atoms with Crippen molar-refractivity contribution in [1.29, 1.82) is 0 Å². The van der Waals surface area contributed by atoms with Crippen LogP contribution in [0.15, 0.2) is 44.9 Å². The van der Waals surface area contributed by atoms with Gasteiger partial charge < -0.3 is 20.6 Å². The molecule has 0 aromatic carbocycles. The molecule has 5 rings (SSSR count).